The van der Waals surface area contributed by atoms with Gasteiger partial charge in [0.2, 0.25) is 0 Å². The van der Waals surface area contributed by atoms with Crippen molar-refractivity contribution in [3.63, 3.8) is 0 Å². The van der Waals surface area contributed by atoms with Crippen LogP contribution in [0.2, 0.25) is 0 Å². The second-order valence-corrected chi connectivity index (χ2v) is 5.29. The minimum atomic E-state index is 0.208. The minimum absolute atomic E-state index is 0.208. The molecular weight excluding hydrogens is 262 g/mol. The van der Waals surface area contributed by atoms with E-state index < -0.39 is 0 Å². The third-order valence-electron chi connectivity index (χ3n) is 3.53. The van der Waals surface area contributed by atoms with Crippen molar-refractivity contribution >= 4 is 0 Å². The highest BCUT2D eigenvalue weighted by Gasteiger charge is 2.06. The summed E-state index contributed by atoms with van der Waals surface area (Å²) in [5.74, 6) is 1.89. The Balaban J connectivity index is 1.66. The van der Waals surface area contributed by atoms with Gasteiger partial charge in [-0.05, 0) is 49.6 Å². The molecule has 3 heteroatoms. The summed E-state index contributed by atoms with van der Waals surface area (Å²) in [5.41, 5.74) is 1.38. The molecule has 0 aliphatic carbocycles. The molecule has 0 aliphatic rings. The van der Waals surface area contributed by atoms with Crippen LogP contribution in [0.15, 0.2) is 47.1 Å². The maximum absolute atomic E-state index is 5.74. The van der Waals surface area contributed by atoms with Gasteiger partial charge < -0.3 is 14.5 Å². The zero-order valence-corrected chi connectivity index (χ0v) is 13.0. The van der Waals surface area contributed by atoms with E-state index in [9.17, 15) is 0 Å². The van der Waals surface area contributed by atoms with E-state index in [2.05, 4.69) is 43.4 Å². The second-order valence-electron chi connectivity index (χ2n) is 5.29. The summed E-state index contributed by atoms with van der Waals surface area (Å²) in [5, 5.41) is 3.38. The average Bonchev–Trinajstić information content (AvgIpc) is 3.05. The van der Waals surface area contributed by atoms with Crippen LogP contribution in [0, 0.1) is 0 Å². The predicted molar refractivity (Wildman–Crippen MR) is 85.7 cm³/mol. The Kier molecular flexibility index (Phi) is 6.35. The van der Waals surface area contributed by atoms with Crippen molar-refractivity contribution in [1.29, 1.82) is 0 Å². The Morgan fingerprint density at radius 3 is 2.67 bits per heavy atom. The van der Waals surface area contributed by atoms with E-state index in [1.807, 2.05) is 12.1 Å². The van der Waals surface area contributed by atoms with Crippen molar-refractivity contribution in [1.82, 2.24) is 5.32 Å². The van der Waals surface area contributed by atoms with Crippen LogP contribution in [0.3, 0.4) is 0 Å². The Hall–Kier alpha value is -1.74. The third-order valence-corrected chi connectivity index (χ3v) is 3.53. The maximum atomic E-state index is 5.74. The summed E-state index contributed by atoms with van der Waals surface area (Å²) in [4.78, 5) is 0. The SMILES string of the molecule is CCCCc1ccc(OCCNC(C)c2ccco2)cc1. The first-order valence-electron chi connectivity index (χ1n) is 7.78. The molecule has 0 amide bonds. The van der Waals surface area contributed by atoms with Crippen LogP contribution in [0.25, 0.3) is 0 Å². The quantitative estimate of drug-likeness (QED) is 0.696. The molecular formula is C18H25NO2. The number of hydrogen-bond acceptors (Lipinski definition) is 3. The zero-order valence-electron chi connectivity index (χ0n) is 13.0. The van der Waals surface area contributed by atoms with Gasteiger partial charge in [0.1, 0.15) is 18.1 Å². The van der Waals surface area contributed by atoms with Crippen LogP contribution in [0.1, 0.15) is 44.1 Å². The van der Waals surface area contributed by atoms with Gasteiger partial charge in [-0.2, -0.15) is 0 Å². The fraction of sp³-hybridized carbons (Fsp3) is 0.444. The first kappa shape index (κ1) is 15.6. The first-order valence-corrected chi connectivity index (χ1v) is 7.78. The normalized spacial score (nSPS) is 12.3. The van der Waals surface area contributed by atoms with Crippen LogP contribution < -0.4 is 10.1 Å². The Bertz CT molecular complexity index is 490. The molecule has 0 bridgehead atoms. The number of hydrogen-bond donors (Lipinski definition) is 1. The van der Waals surface area contributed by atoms with Crippen molar-refractivity contribution in [3.05, 3.63) is 54.0 Å². The van der Waals surface area contributed by atoms with E-state index in [4.69, 9.17) is 9.15 Å². The third kappa shape index (κ3) is 5.27. The summed E-state index contributed by atoms with van der Waals surface area (Å²) in [6.45, 7) is 5.74. The van der Waals surface area contributed by atoms with Gasteiger partial charge in [-0.3, -0.25) is 0 Å². The molecule has 0 fully saturated rings. The van der Waals surface area contributed by atoms with E-state index in [1.54, 1.807) is 6.26 Å². The van der Waals surface area contributed by atoms with Crippen molar-refractivity contribution < 1.29 is 9.15 Å². The van der Waals surface area contributed by atoms with Gasteiger partial charge in [0, 0.05) is 6.54 Å². The Morgan fingerprint density at radius 1 is 1.19 bits per heavy atom. The number of aryl methyl sites for hydroxylation is 1. The van der Waals surface area contributed by atoms with Gasteiger partial charge >= 0.3 is 0 Å². The molecule has 0 aliphatic heterocycles. The molecule has 1 aromatic heterocycles. The molecule has 114 valence electrons. The molecule has 3 nitrogen and oxygen atoms in total. The van der Waals surface area contributed by atoms with Gasteiger partial charge in [0.25, 0.3) is 0 Å². The Morgan fingerprint density at radius 2 is 2.00 bits per heavy atom. The van der Waals surface area contributed by atoms with Crippen LogP contribution in [-0.4, -0.2) is 13.2 Å². The first-order chi connectivity index (χ1) is 10.3. The second kappa shape index (κ2) is 8.53. The van der Waals surface area contributed by atoms with Crippen molar-refractivity contribution in [2.24, 2.45) is 0 Å². The van der Waals surface area contributed by atoms with Crippen LogP contribution >= 0.6 is 0 Å². The Labute approximate surface area is 127 Å². The fourth-order valence-corrected chi connectivity index (χ4v) is 2.22. The molecule has 1 N–H and O–H groups in total. The van der Waals surface area contributed by atoms with E-state index >= 15 is 0 Å². The molecule has 0 radical (unpaired) electrons. The lowest BCUT2D eigenvalue weighted by molar-refractivity contribution is 0.302. The van der Waals surface area contributed by atoms with Gasteiger partial charge in [0.05, 0.1) is 12.3 Å². The highest BCUT2D eigenvalue weighted by atomic mass is 16.5. The lowest BCUT2D eigenvalue weighted by Gasteiger charge is -2.12. The van der Waals surface area contributed by atoms with E-state index in [0.717, 1.165) is 24.5 Å². The molecule has 21 heavy (non-hydrogen) atoms. The lowest BCUT2D eigenvalue weighted by Crippen LogP contribution is -2.24. The van der Waals surface area contributed by atoms with Gasteiger partial charge in [0.15, 0.2) is 0 Å². The number of rotatable bonds is 9. The van der Waals surface area contributed by atoms with Crippen molar-refractivity contribution in [2.75, 3.05) is 13.2 Å². The summed E-state index contributed by atoms with van der Waals surface area (Å²) in [7, 11) is 0. The monoisotopic (exact) mass is 287 g/mol. The van der Waals surface area contributed by atoms with E-state index in [0.29, 0.717) is 6.61 Å². The van der Waals surface area contributed by atoms with Gasteiger partial charge in [-0.1, -0.05) is 25.5 Å². The number of nitrogens with one attached hydrogen (secondary N) is 1. The van der Waals surface area contributed by atoms with Crippen molar-refractivity contribution in [3.8, 4) is 5.75 Å². The summed E-state index contributed by atoms with van der Waals surface area (Å²) >= 11 is 0. The van der Waals surface area contributed by atoms with Gasteiger partial charge in [-0.25, -0.2) is 0 Å². The van der Waals surface area contributed by atoms with Crippen LogP contribution in [0.4, 0.5) is 0 Å². The highest BCUT2D eigenvalue weighted by molar-refractivity contribution is 5.27. The zero-order chi connectivity index (χ0) is 14.9. The average molecular weight is 287 g/mol. The summed E-state index contributed by atoms with van der Waals surface area (Å²) in [6, 6.07) is 12.5. The van der Waals surface area contributed by atoms with Crippen molar-refractivity contribution in [2.45, 2.75) is 39.2 Å². The number of benzene rings is 1. The minimum Gasteiger partial charge on any atom is -0.492 e. The predicted octanol–water partition coefficient (Wildman–Crippen LogP) is 4.35. The molecule has 1 heterocycles. The van der Waals surface area contributed by atoms with Crippen LogP contribution in [-0.2, 0) is 6.42 Å². The summed E-state index contributed by atoms with van der Waals surface area (Å²) in [6.07, 6.45) is 5.33. The van der Waals surface area contributed by atoms with E-state index in [-0.39, 0.29) is 6.04 Å². The maximum Gasteiger partial charge on any atom is 0.120 e. The highest BCUT2D eigenvalue weighted by Crippen LogP contribution is 2.14. The largest absolute Gasteiger partial charge is 0.492 e. The van der Waals surface area contributed by atoms with E-state index in [1.165, 1.54) is 18.4 Å². The number of furan rings is 1. The molecule has 0 spiro atoms. The smallest absolute Gasteiger partial charge is 0.120 e. The topological polar surface area (TPSA) is 34.4 Å². The molecule has 0 saturated heterocycles. The molecule has 1 aromatic carbocycles. The molecule has 1 atom stereocenters. The standard InChI is InChI=1S/C18H25NO2/c1-3-4-6-16-8-10-17(11-9-16)20-14-12-19-15(2)18-7-5-13-21-18/h5,7-11,13,15,19H,3-4,6,12,14H2,1-2H3. The number of unbranched alkanes of at least 4 members (excludes halogenated alkanes) is 1. The van der Waals surface area contributed by atoms with Gasteiger partial charge in [-0.15, -0.1) is 0 Å². The molecule has 0 saturated carbocycles. The van der Waals surface area contributed by atoms with Crippen LogP contribution in [0.5, 0.6) is 5.75 Å². The number of ether oxygens (including phenoxy) is 1. The molecule has 2 rings (SSSR count). The summed E-state index contributed by atoms with van der Waals surface area (Å²) < 4.78 is 11.1. The molecule has 2 aromatic rings. The molecule has 1 unspecified atom stereocenters. The fourth-order valence-electron chi connectivity index (χ4n) is 2.22. The lowest BCUT2D eigenvalue weighted by atomic mass is 10.1.